The Kier molecular flexibility index (Phi) is 4.95. The van der Waals surface area contributed by atoms with E-state index in [1.165, 1.54) is 11.6 Å². The number of aromatic nitrogens is 4. The van der Waals surface area contributed by atoms with Crippen LogP contribution >= 0.6 is 0 Å². The summed E-state index contributed by atoms with van der Waals surface area (Å²) in [6, 6.07) is 0. The van der Waals surface area contributed by atoms with Gasteiger partial charge in [-0.1, -0.05) is 26.7 Å². The standard InChI is InChI=1S/C15H22N4O3/c1-4-6-7-8-10(20)12-16-13-11(19(12)9-5-2)14(21)17-15(22)18(13)3/h4-9H2,1-3H3,(H,17,21,22). The van der Waals surface area contributed by atoms with Crippen molar-refractivity contribution in [1.29, 1.82) is 0 Å². The summed E-state index contributed by atoms with van der Waals surface area (Å²) in [7, 11) is 1.54. The number of hydrogen-bond donors (Lipinski definition) is 1. The van der Waals surface area contributed by atoms with Gasteiger partial charge in [0.1, 0.15) is 0 Å². The first-order valence-electron chi connectivity index (χ1n) is 7.74. The Bertz CT molecular complexity index is 797. The molecule has 2 aromatic rings. The number of aromatic amines is 1. The van der Waals surface area contributed by atoms with Crippen LogP contribution in [0.25, 0.3) is 11.2 Å². The SMILES string of the molecule is CCCCCC(=O)c1nc2c(c(=O)[nH]c(=O)n2C)n1CCC. The van der Waals surface area contributed by atoms with E-state index in [9.17, 15) is 14.4 Å². The molecular formula is C15H22N4O3. The van der Waals surface area contributed by atoms with Crippen molar-refractivity contribution in [2.24, 2.45) is 7.05 Å². The zero-order valence-electron chi connectivity index (χ0n) is 13.3. The number of fused-ring (bicyclic) bond motifs is 1. The lowest BCUT2D eigenvalue weighted by atomic mass is 10.1. The van der Waals surface area contributed by atoms with Crippen molar-refractivity contribution in [2.45, 2.75) is 52.5 Å². The maximum absolute atomic E-state index is 12.4. The summed E-state index contributed by atoms with van der Waals surface area (Å²) in [5.74, 6) is 0.199. The topological polar surface area (TPSA) is 89.8 Å². The van der Waals surface area contributed by atoms with Crippen LogP contribution in [-0.4, -0.2) is 24.9 Å². The molecule has 2 aromatic heterocycles. The molecule has 0 radical (unpaired) electrons. The Morgan fingerprint density at radius 3 is 2.55 bits per heavy atom. The van der Waals surface area contributed by atoms with Gasteiger partial charge >= 0.3 is 5.69 Å². The number of Topliss-reactive ketones (excluding diaryl/α,β-unsaturated/α-hetero) is 1. The molecule has 0 aromatic carbocycles. The third kappa shape index (κ3) is 2.88. The van der Waals surface area contributed by atoms with Crippen molar-refractivity contribution < 1.29 is 4.79 Å². The molecule has 0 atom stereocenters. The summed E-state index contributed by atoms with van der Waals surface area (Å²) in [6.07, 6.45) is 4.00. The number of nitrogens with one attached hydrogen (secondary N) is 1. The smallest absolute Gasteiger partial charge is 0.316 e. The van der Waals surface area contributed by atoms with Crippen LogP contribution in [0.2, 0.25) is 0 Å². The Morgan fingerprint density at radius 1 is 1.18 bits per heavy atom. The second-order valence-corrected chi connectivity index (χ2v) is 5.46. The number of H-pyrrole nitrogens is 1. The molecule has 0 aliphatic rings. The second kappa shape index (κ2) is 6.72. The molecule has 22 heavy (non-hydrogen) atoms. The van der Waals surface area contributed by atoms with Crippen LogP contribution < -0.4 is 11.2 Å². The van der Waals surface area contributed by atoms with Crippen molar-refractivity contribution in [3.8, 4) is 0 Å². The van der Waals surface area contributed by atoms with Crippen LogP contribution in [0.1, 0.15) is 56.6 Å². The highest BCUT2D eigenvalue weighted by atomic mass is 16.2. The average molecular weight is 306 g/mol. The number of rotatable bonds is 7. The number of carbonyl (C=O) groups excluding carboxylic acids is 1. The first-order valence-corrected chi connectivity index (χ1v) is 7.74. The van der Waals surface area contributed by atoms with E-state index < -0.39 is 11.2 Å². The maximum Gasteiger partial charge on any atom is 0.329 e. The Labute approximate surface area is 128 Å². The van der Waals surface area contributed by atoms with E-state index in [1.54, 1.807) is 4.57 Å². The minimum atomic E-state index is -0.524. The molecule has 0 aliphatic heterocycles. The van der Waals surface area contributed by atoms with Gasteiger partial charge < -0.3 is 4.57 Å². The van der Waals surface area contributed by atoms with Crippen LogP contribution in [0.5, 0.6) is 0 Å². The van der Waals surface area contributed by atoms with Gasteiger partial charge in [-0.2, -0.15) is 0 Å². The van der Waals surface area contributed by atoms with Gasteiger partial charge in [0.2, 0.25) is 0 Å². The fraction of sp³-hybridized carbons (Fsp3) is 0.600. The lowest BCUT2D eigenvalue weighted by molar-refractivity contribution is 0.0965. The molecule has 0 fully saturated rings. The van der Waals surface area contributed by atoms with Crippen LogP contribution in [-0.2, 0) is 13.6 Å². The lowest BCUT2D eigenvalue weighted by Gasteiger charge is -2.06. The highest BCUT2D eigenvalue weighted by molar-refractivity contribution is 5.95. The third-order valence-corrected chi connectivity index (χ3v) is 3.71. The summed E-state index contributed by atoms with van der Waals surface area (Å²) in [5, 5.41) is 0. The number of nitrogens with zero attached hydrogens (tertiary/aromatic N) is 3. The summed E-state index contributed by atoms with van der Waals surface area (Å²) < 4.78 is 2.91. The molecule has 2 rings (SSSR count). The van der Waals surface area contributed by atoms with Crippen LogP contribution in [0, 0.1) is 0 Å². The van der Waals surface area contributed by atoms with Gasteiger partial charge in [-0.3, -0.25) is 19.1 Å². The molecule has 0 unspecified atom stereocenters. The molecule has 7 heteroatoms. The monoisotopic (exact) mass is 306 g/mol. The predicted molar refractivity (Wildman–Crippen MR) is 84.4 cm³/mol. The maximum atomic E-state index is 12.4. The van der Waals surface area contributed by atoms with Crippen molar-refractivity contribution in [2.75, 3.05) is 0 Å². The largest absolute Gasteiger partial charge is 0.329 e. The van der Waals surface area contributed by atoms with E-state index in [0.717, 1.165) is 25.7 Å². The van der Waals surface area contributed by atoms with Gasteiger partial charge in [-0.25, -0.2) is 9.78 Å². The van der Waals surface area contributed by atoms with Crippen molar-refractivity contribution in [1.82, 2.24) is 19.1 Å². The normalized spacial score (nSPS) is 11.2. The van der Waals surface area contributed by atoms with Crippen LogP contribution in [0.15, 0.2) is 9.59 Å². The lowest BCUT2D eigenvalue weighted by Crippen LogP contribution is -2.29. The molecule has 120 valence electrons. The van der Waals surface area contributed by atoms with E-state index >= 15 is 0 Å². The number of imidazole rings is 1. The molecule has 0 saturated carbocycles. The highest BCUT2D eigenvalue weighted by Gasteiger charge is 2.21. The van der Waals surface area contributed by atoms with E-state index in [-0.39, 0.29) is 17.3 Å². The van der Waals surface area contributed by atoms with Crippen LogP contribution in [0.3, 0.4) is 0 Å². The third-order valence-electron chi connectivity index (χ3n) is 3.71. The van der Waals surface area contributed by atoms with Gasteiger partial charge in [0, 0.05) is 20.0 Å². The van der Waals surface area contributed by atoms with Crippen LogP contribution in [0.4, 0.5) is 0 Å². The second-order valence-electron chi connectivity index (χ2n) is 5.46. The summed E-state index contributed by atoms with van der Waals surface area (Å²) in [4.78, 5) is 42.8. The van der Waals surface area contributed by atoms with Crippen molar-refractivity contribution >= 4 is 16.9 Å². The van der Waals surface area contributed by atoms with E-state index in [1.807, 2.05) is 6.92 Å². The van der Waals surface area contributed by atoms with Crippen molar-refractivity contribution in [3.05, 3.63) is 26.7 Å². The summed E-state index contributed by atoms with van der Waals surface area (Å²) in [6.45, 7) is 4.56. The predicted octanol–water partition coefficient (Wildman–Crippen LogP) is 1.60. The zero-order valence-corrected chi connectivity index (χ0v) is 13.3. The average Bonchev–Trinajstić information content (AvgIpc) is 2.86. The fourth-order valence-corrected chi connectivity index (χ4v) is 2.54. The molecule has 7 nitrogen and oxygen atoms in total. The van der Waals surface area contributed by atoms with Gasteiger partial charge in [0.05, 0.1) is 0 Å². The van der Waals surface area contributed by atoms with Gasteiger partial charge in [-0.05, 0) is 12.8 Å². The first kappa shape index (κ1) is 16.2. The van der Waals surface area contributed by atoms with E-state index in [2.05, 4.69) is 16.9 Å². The molecular weight excluding hydrogens is 284 g/mol. The first-order chi connectivity index (χ1) is 10.5. The quantitative estimate of drug-likeness (QED) is 0.621. The minimum absolute atomic E-state index is 0.0788. The number of unbranched alkanes of at least 4 members (excludes halogenated alkanes) is 2. The molecule has 0 saturated heterocycles. The molecule has 0 amide bonds. The fourth-order valence-electron chi connectivity index (χ4n) is 2.54. The van der Waals surface area contributed by atoms with Gasteiger partial charge in [0.15, 0.2) is 22.8 Å². The van der Waals surface area contributed by atoms with Gasteiger partial charge in [0.25, 0.3) is 5.56 Å². The zero-order chi connectivity index (χ0) is 16.3. The molecule has 0 spiro atoms. The molecule has 0 aliphatic carbocycles. The Hall–Kier alpha value is -2.18. The number of ketones is 1. The Balaban J connectivity index is 2.59. The van der Waals surface area contributed by atoms with Crippen molar-refractivity contribution in [3.63, 3.8) is 0 Å². The van der Waals surface area contributed by atoms with E-state index in [4.69, 9.17) is 0 Å². The number of carbonyl (C=O) groups is 1. The molecule has 2 heterocycles. The summed E-state index contributed by atoms with van der Waals surface area (Å²) in [5.41, 5.74) is -0.459. The molecule has 0 bridgehead atoms. The Morgan fingerprint density at radius 2 is 1.91 bits per heavy atom. The minimum Gasteiger partial charge on any atom is -0.316 e. The molecule has 1 N–H and O–H groups in total. The van der Waals surface area contributed by atoms with E-state index in [0.29, 0.717) is 18.5 Å². The number of aryl methyl sites for hydroxylation is 2. The highest BCUT2D eigenvalue weighted by Crippen LogP contribution is 2.14. The number of hydrogen-bond acceptors (Lipinski definition) is 4. The summed E-state index contributed by atoms with van der Waals surface area (Å²) >= 11 is 0. The van der Waals surface area contributed by atoms with Gasteiger partial charge in [-0.15, -0.1) is 0 Å².